The van der Waals surface area contributed by atoms with Crippen molar-refractivity contribution in [3.05, 3.63) is 36.4 Å². The van der Waals surface area contributed by atoms with Crippen molar-refractivity contribution in [2.24, 2.45) is 5.41 Å². The van der Waals surface area contributed by atoms with Crippen LogP contribution in [0.15, 0.2) is 35.7 Å². The molecule has 0 unspecified atom stereocenters. The van der Waals surface area contributed by atoms with Crippen LogP contribution in [0.2, 0.25) is 0 Å². The number of benzene rings is 1. The van der Waals surface area contributed by atoms with Crippen molar-refractivity contribution < 1.29 is 8.42 Å². The molecule has 0 aliphatic rings. The summed E-state index contributed by atoms with van der Waals surface area (Å²) >= 11 is 0. The molecule has 0 aliphatic heterocycles. The van der Waals surface area contributed by atoms with Crippen LogP contribution in [-0.2, 0) is 9.84 Å². The number of rotatable bonds is 3. The molecule has 1 aromatic rings. The van der Waals surface area contributed by atoms with Gasteiger partial charge in [0.15, 0.2) is 9.84 Å². The lowest BCUT2D eigenvalue weighted by Gasteiger charge is -2.18. The predicted octanol–water partition coefficient (Wildman–Crippen LogP) is 3.15. The van der Waals surface area contributed by atoms with E-state index in [9.17, 15) is 8.42 Å². The Balaban J connectivity index is 3.03. The lowest BCUT2D eigenvalue weighted by molar-refractivity contribution is 0.462. The van der Waals surface area contributed by atoms with Gasteiger partial charge in [-0.15, -0.1) is 0 Å². The molecule has 0 bridgehead atoms. The molecule has 0 heterocycles. The topological polar surface area (TPSA) is 34.1 Å². The third-order valence-corrected chi connectivity index (χ3v) is 4.33. The molecule has 0 N–H and O–H groups in total. The summed E-state index contributed by atoms with van der Waals surface area (Å²) in [6.45, 7) is 9.39. The summed E-state index contributed by atoms with van der Waals surface area (Å²) in [5.41, 5.74) is 0.699. The second-order valence-corrected chi connectivity index (χ2v) is 7.08. The third-order valence-electron chi connectivity index (χ3n) is 2.10. The van der Waals surface area contributed by atoms with E-state index in [4.69, 9.17) is 0 Å². The Hall–Kier alpha value is -1.09. The van der Waals surface area contributed by atoms with E-state index >= 15 is 0 Å². The van der Waals surface area contributed by atoms with E-state index in [0.29, 0.717) is 4.90 Å². The molecule has 88 valence electrons. The van der Waals surface area contributed by atoms with Gasteiger partial charge in [0.2, 0.25) is 0 Å². The van der Waals surface area contributed by atoms with Gasteiger partial charge in [-0.1, -0.05) is 45.6 Å². The van der Waals surface area contributed by atoms with Crippen molar-refractivity contribution in [3.8, 4) is 0 Å². The Morgan fingerprint density at radius 3 is 2.06 bits per heavy atom. The number of hydrogen-bond donors (Lipinski definition) is 0. The van der Waals surface area contributed by atoms with Gasteiger partial charge >= 0.3 is 0 Å². The highest BCUT2D eigenvalue weighted by molar-refractivity contribution is 7.91. The number of hydrogen-bond acceptors (Lipinski definition) is 2. The van der Waals surface area contributed by atoms with Crippen LogP contribution in [0.5, 0.6) is 0 Å². The smallest absolute Gasteiger partial charge is 0.178 e. The molecule has 16 heavy (non-hydrogen) atoms. The molecule has 1 aromatic carbocycles. The third kappa shape index (κ3) is 3.49. The monoisotopic (exact) mass is 238 g/mol. The van der Waals surface area contributed by atoms with E-state index < -0.39 is 9.84 Å². The molecule has 0 radical (unpaired) electrons. The van der Waals surface area contributed by atoms with Gasteiger partial charge in [0.1, 0.15) is 0 Å². The van der Waals surface area contributed by atoms with Gasteiger partial charge in [-0.2, -0.15) is 0 Å². The second-order valence-electron chi connectivity index (χ2n) is 5.09. The molecule has 1 rings (SSSR count). The van der Waals surface area contributed by atoms with Crippen LogP contribution in [0, 0.1) is 5.41 Å². The van der Waals surface area contributed by atoms with Crippen molar-refractivity contribution in [1.29, 1.82) is 0 Å². The summed E-state index contributed by atoms with van der Waals surface area (Å²) in [5, 5.41) is 0. The minimum Gasteiger partial charge on any atom is -0.224 e. The first-order chi connectivity index (χ1) is 7.24. The maximum absolute atomic E-state index is 12.0. The van der Waals surface area contributed by atoms with E-state index in [2.05, 4.69) is 6.58 Å². The summed E-state index contributed by atoms with van der Waals surface area (Å²) < 4.78 is 24.0. The van der Waals surface area contributed by atoms with Crippen LogP contribution in [0.25, 0.3) is 6.08 Å². The summed E-state index contributed by atoms with van der Waals surface area (Å²) in [7, 11) is -3.18. The molecule has 0 spiro atoms. The average Bonchev–Trinajstić information content (AvgIpc) is 2.14. The molecule has 3 heteroatoms. The van der Waals surface area contributed by atoms with E-state index in [0.717, 1.165) is 5.56 Å². The molecular weight excluding hydrogens is 220 g/mol. The fourth-order valence-electron chi connectivity index (χ4n) is 1.46. The maximum atomic E-state index is 12.0. The van der Waals surface area contributed by atoms with Gasteiger partial charge in [0.25, 0.3) is 0 Å². The molecular formula is C13H18O2S. The van der Waals surface area contributed by atoms with Crippen molar-refractivity contribution in [2.75, 3.05) is 5.75 Å². The van der Waals surface area contributed by atoms with Crippen LogP contribution >= 0.6 is 0 Å². The maximum Gasteiger partial charge on any atom is 0.178 e. The van der Waals surface area contributed by atoms with Crippen LogP contribution in [0.4, 0.5) is 0 Å². The Morgan fingerprint density at radius 2 is 1.69 bits per heavy atom. The summed E-state index contributed by atoms with van der Waals surface area (Å²) in [6, 6.07) is 6.81. The number of sulfone groups is 1. The average molecular weight is 238 g/mol. The van der Waals surface area contributed by atoms with Gasteiger partial charge in [0.05, 0.1) is 10.6 Å². The van der Waals surface area contributed by atoms with Crippen molar-refractivity contribution >= 4 is 15.9 Å². The van der Waals surface area contributed by atoms with Gasteiger partial charge in [0, 0.05) is 0 Å². The Morgan fingerprint density at radius 1 is 1.19 bits per heavy atom. The zero-order chi connectivity index (χ0) is 12.4. The van der Waals surface area contributed by atoms with E-state index in [-0.39, 0.29) is 11.2 Å². The largest absolute Gasteiger partial charge is 0.224 e. The molecule has 0 saturated carbocycles. The SMILES string of the molecule is C=Cc1ccc(S(=O)(=O)CC(C)(C)C)cc1. The zero-order valence-corrected chi connectivity index (χ0v) is 10.8. The lowest BCUT2D eigenvalue weighted by atomic mass is 10.0. The van der Waals surface area contributed by atoms with Crippen molar-refractivity contribution in [1.82, 2.24) is 0 Å². The molecule has 0 amide bonds. The Bertz CT molecular complexity index is 462. The first kappa shape index (κ1) is 13.0. The van der Waals surface area contributed by atoms with Crippen molar-refractivity contribution in [2.45, 2.75) is 25.7 Å². The van der Waals surface area contributed by atoms with Crippen molar-refractivity contribution in [3.63, 3.8) is 0 Å². The van der Waals surface area contributed by atoms with E-state index in [1.807, 2.05) is 20.8 Å². The Labute approximate surface area is 97.9 Å². The molecule has 0 saturated heterocycles. The van der Waals surface area contributed by atoms with Crippen LogP contribution in [-0.4, -0.2) is 14.2 Å². The standard InChI is InChI=1S/C13H18O2S/c1-5-11-6-8-12(9-7-11)16(14,15)10-13(2,3)4/h5-9H,1,10H2,2-4H3. The first-order valence-corrected chi connectivity index (χ1v) is 6.85. The summed E-state index contributed by atoms with van der Waals surface area (Å²) in [6.07, 6.45) is 1.69. The fraction of sp³-hybridized carbons (Fsp3) is 0.385. The van der Waals surface area contributed by atoms with Gasteiger partial charge in [-0.3, -0.25) is 0 Å². The lowest BCUT2D eigenvalue weighted by Crippen LogP contribution is -2.20. The quantitative estimate of drug-likeness (QED) is 0.810. The minimum absolute atomic E-state index is 0.160. The molecule has 0 atom stereocenters. The van der Waals surface area contributed by atoms with Crippen LogP contribution in [0.3, 0.4) is 0 Å². The van der Waals surface area contributed by atoms with Gasteiger partial charge in [-0.05, 0) is 23.1 Å². The fourth-order valence-corrected chi connectivity index (χ4v) is 3.32. The Kier molecular flexibility index (Phi) is 3.58. The molecule has 0 aromatic heterocycles. The van der Waals surface area contributed by atoms with Crippen LogP contribution in [0.1, 0.15) is 26.3 Å². The van der Waals surface area contributed by atoms with Gasteiger partial charge in [-0.25, -0.2) is 8.42 Å². The summed E-state index contributed by atoms with van der Waals surface area (Å²) in [4.78, 5) is 0.382. The molecule has 2 nitrogen and oxygen atoms in total. The first-order valence-electron chi connectivity index (χ1n) is 5.20. The second kappa shape index (κ2) is 4.42. The molecule has 0 fully saturated rings. The zero-order valence-electron chi connectivity index (χ0n) is 10.0. The highest BCUT2D eigenvalue weighted by atomic mass is 32.2. The highest BCUT2D eigenvalue weighted by Gasteiger charge is 2.23. The highest BCUT2D eigenvalue weighted by Crippen LogP contribution is 2.22. The summed E-state index contributed by atoms with van der Waals surface area (Å²) in [5.74, 6) is 0.160. The van der Waals surface area contributed by atoms with Gasteiger partial charge < -0.3 is 0 Å². The van der Waals surface area contributed by atoms with Crippen LogP contribution < -0.4 is 0 Å². The predicted molar refractivity (Wildman–Crippen MR) is 68.0 cm³/mol. The normalized spacial score (nSPS) is 12.4. The van der Waals surface area contributed by atoms with E-state index in [1.165, 1.54) is 0 Å². The minimum atomic E-state index is -3.18. The molecule has 0 aliphatic carbocycles. The van der Waals surface area contributed by atoms with E-state index in [1.54, 1.807) is 30.3 Å².